The van der Waals surface area contributed by atoms with Crippen LogP contribution >= 0.6 is 15.9 Å². The summed E-state index contributed by atoms with van der Waals surface area (Å²) in [7, 11) is -3.76. The molecule has 0 aliphatic heterocycles. The van der Waals surface area contributed by atoms with Crippen molar-refractivity contribution in [3.8, 4) is 11.5 Å². The Bertz CT molecular complexity index is 1450. The molecule has 2 unspecified atom stereocenters. The highest BCUT2D eigenvalue weighted by atomic mass is 79.9. The van der Waals surface area contributed by atoms with Crippen molar-refractivity contribution in [2.75, 3.05) is 0 Å². The smallest absolute Gasteiger partial charge is 0.206 e. The van der Waals surface area contributed by atoms with Crippen LogP contribution in [0.3, 0.4) is 0 Å². The number of carbonyl (C=O) groups excluding carboxylic acids is 1. The Morgan fingerprint density at radius 3 is 1.49 bits per heavy atom. The molecule has 0 bridgehead atoms. The van der Waals surface area contributed by atoms with Gasteiger partial charge in [-0.25, -0.2) is 8.42 Å². The van der Waals surface area contributed by atoms with E-state index in [2.05, 4.69) is 48.8 Å². The molecular formula is C34H43BrO5S. The van der Waals surface area contributed by atoms with E-state index >= 15 is 0 Å². The number of halogens is 1. The Labute approximate surface area is 254 Å². The molecule has 2 atom stereocenters. The van der Waals surface area contributed by atoms with Gasteiger partial charge in [-0.15, -0.1) is 0 Å². The quantitative estimate of drug-likeness (QED) is 0.195. The van der Waals surface area contributed by atoms with Gasteiger partial charge in [-0.1, -0.05) is 74.8 Å². The second-order valence-electron chi connectivity index (χ2n) is 12.4. The molecule has 0 saturated carbocycles. The number of Topliss-reactive ketones (excluding diaryl/α,β-unsaturated/α-hetero) is 1. The Morgan fingerprint density at radius 2 is 1.07 bits per heavy atom. The lowest BCUT2D eigenvalue weighted by atomic mass is 9.87. The van der Waals surface area contributed by atoms with E-state index in [9.17, 15) is 13.2 Å². The van der Waals surface area contributed by atoms with Crippen molar-refractivity contribution in [3.05, 3.63) is 83.9 Å². The highest BCUT2D eigenvalue weighted by Gasteiger charge is 2.42. The predicted molar refractivity (Wildman–Crippen MR) is 169 cm³/mol. The first kappa shape index (κ1) is 32.9. The van der Waals surface area contributed by atoms with Gasteiger partial charge in [0.1, 0.15) is 17.1 Å². The van der Waals surface area contributed by atoms with Crippen molar-refractivity contribution in [2.24, 2.45) is 0 Å². The molecule has 0 saturated heterocycles. The van der Waals surface area contributed by atoms with Crippen molar-refractivity contribution >= 4 is 31.6 Å². The maximum absolute atomic E-state index is 13.4. The summed E-state index contributed by atoms with van der Waals surface area (Å²) >= 11 is 3.43. The minimum absolute atomic E-state index is 0.0565. The number of hydrogen-bond acceptors (Lipinski definition) is 5. The molecule has 0 radical (unpaired) electrons. The number of benzene rings is 3. The molecule has 0 amide bonds. The minimum atomic E-state index is -3.76. The van der Waals surface area contributed by atoms with Gasteiger partial charge in [0.25, 0.3) is 0 Å². The van der Waals surface area contributed by atoms with Crippen LogP contribution in [0.5, 0.6) is 11.5 Å². The lowest BCUT2D eigenvalue weighted by molar-refractivity contribution is -0.135. The fourth-order valence-electron chi connectivity index (χ4n) is 4.60. The molecule has 0 aromatic heterocycles. The largest absolute Gasteiger partial charge is 0.483 e. The number of rotatable bonds is 11. The van der Waals surface area contributed by atoms with Gasteiger partial charge in [-0.3, -0.25) is 4.79 Å². The molecule has 0 aliphatic carbocycles. The predicted octanol–water partition coefficient (Wildman–Crippen LogP) is 8.81. The average Bonchev–Trinajstić information content (AvgIpc) is 2.92. The first-order chi connectivity index (χ1) is 18.9. The Kier molecular flexibility index (Phi) is 9.56. The van der Waals surface area contributed by atoms with Crippen molar-refractivity contribution in [3.63, 3.8) is 0 Å². The van der Waals surface area contributed by atoms with Crippen LogP contribution in [-0.4, -0.2) is 24.1 Å². The maximum Gasteiger partial charge on any atom is 0.206 e. The van der Waals surface area contributed by atoms with Crippen molar-refractivity contribution in [2.45, 2.75) is 106 Å². The van der Waals surface area contributed by atoms with Crippen LogP contribution in [0.15, 0.2) is 82.6 Å². The molecule has 0 fully saturated rings. The number of alkyl halides is 1. The number of ketones is 1. The van der Waals surface area contributed by atoms with Gasteiger partial charge in [0.2, 0.25) is 9.84 Å². The van der Waals surface area contributed by atoms with E-state index in [1.165, 1.54) is 17.7 Å². The number of ether oxygens (including phenoxy) is 2. The molecule has 222 valence electrons. The molecule has 0 aliphatic rings. The number of hydrogen-bond donors (Lipinski definition) is 0. The van der Waals surface area contributed by atoms with Gasteiger partial charge in [0.05, 0.1) is 14.1 Å². The molecule has 3 aromatic carbocycles. The molecule has 0 spiro atoms. The Morgan fingerprint density at radius 1 is 0.659 bits per heavy atom. The fraction of sp³-hybridized carbons (Fsp3) is 0.441. The molecule has 0 N–H and O–H groups in total. The lowest BCUT2D eigenvalue weighted by Crippen LogP contribution is -2.48. The first-order valence-corrected chi connectivity index (χ1v) is 16.3. The van der Waals surface area contributed by atoms with Crippen molar-refractivity contribution < 1.29 is 22.7 Å². The monoisotopic (exact) mass is 642 g/mol. The molecule has 5 nitrogen and oxygen atoms in total. The molecular weight excluding hydrogens is 600 g/mol. The number of carbonyl (C=O) groups is 1. The van der Waals surface area contributed by atoms with Gasteiger partial charge >= 0.3 is 0 Å². The Hall–Kier alpha value is -2.64. The van der Waals surface area contributed by atoms with E-state index in [0.29, 0.717) is 18.6 Å². The van der Waals surface area contributed by atoms with Crippen LogP contribution in [0.25, 0.3) is 0 Å². The molecule has 3 aromatic rings. The SMILES string of the molecule is CCC(C)(Oc1ccc(S(=O)(=O)c2ccc(C(C)(CC)Oc3ccc(C(C)(C)C)cc3)cc2)cc1)C(=O)C(C)(C)Br. The van der Waals surface area contributed by atoms with E-state index < -0.39 is 25.4 Å². The average molecular weight is 644 g/mol. The second kappa shape index (κ2) is 11.9. The lowest BCUT2D eigenvalue weighted by Gasteiger charge is -2.33. The van der Waals surface area contributed by atoms with E-state index in [4.69, 9.17) is 9.47 Å². The minimum Gasteiger partial charge on any atom is -0.483 e. The van der Waals surface area contributed by atoms with Gasteiger partial charge in [-0.05, 0) is 106 Å². The van der Waals surface area contributed by atoms with Crippen LogP contribution in [0.4, 0.5) is 0 Å². The van der Waals surface area contributed by atoms with Crippen LogP contribution in [0, 0.1) is 0 Å². The third kappa shape index (κ3) is 7.42. The summed E-state index contributed by atoms with van der Waals surface area (Å²) in [5.41, 5.74) is 0.499. The summed E-state index contributed by atoms with van der Waals surface area (Å²) < 4.78 is 38.6. The summed E-state index contributed by atoms with van der Waals surface area (Å²) in [4.78, 5) is 13.3. The summed E-state index contributed by atoms with van der Waals surface area (Å²) in [5, 5.41) is 0. The highest BCUT2D eigenvalue weighted by molar-refractivity contribution is 9.10. The molecule has 41 heavy (non-hydrogen) atoms. The van der Waals surface area contributed by atoms with Crippen molar-refractivity contribution in [1.29, 1.82) is 0 Å². The first-order valence-electron chi connectivity index (χ1n) is 14.0. The van der Waals surface area contributed by atoms with E-state index in [-0.39, 0.29) is 21.0 Å². The van der Waals surface area contributed by atoms with Gasteiger partial charge < -0.3 is 9.47 Å². The number of sulfone groups is 1. The highest BCUT2D eigenvalue weighted by Crippen LogP contribution is 2.35. The van der Waals surface area contributed by atoms with Crippen molar-refractivity contribution in [1.82, 2.24) is 0 Å². The third-order valence-corrected chi connectivity index (χ3v) is 9.83. The second-order valence-corrected chi connectivity index (χ2v) is 16.4. The van der Waals surface area contributed by atoms with E-state index in [1.807, 2.05) is 45.0 Å². The summed E-state index contributed by atoms with van der Waals surface area (Å²) in [5.74, 6) is 1.11. The summed E-state index contributed by atoms with van der Waals surface area (Å²) in [6, 6.07) is 21.2. The van der Waals surface area contributed by atoms with Crippen LogP contribution < -0.4 is 9.47 Å². The van der Waals surface area contributed by atoms with Crippen LogP contribution in [0.1, 0.15) is 86.3 Å². The van der Waals surface area contributed by atoms with Gasteiger partial charge in [0, 0.05) is 0 Å². The zero-order chi connectivity index (χ0) is 30.9. The van der Waals surface area contributed by atoms with Gasteiger partial charge in [0.15, 0.2) is 11.4 Å². The molecule has 7 heteroatoms. The van der Waals surface area contributed by atoms with E-state index in [1.54, 1.807) is 45.0 Å². The molecule has 0 heterocycles. The van der Waals surface area contributed by atoms with Gasteiger partial charge in [-0.2, -0.15) is 0 Å². The standard InChI is InChI=1S/C34H43BrO5S/c1-10-33(8,39-26-16-12-24(13-17-26)31(3,4)5)25-14-20-28(21-15-25)41(37,38)29-22-18-27(19-23-29)40-34(9,11-2)30(36)32(6,7)35/h12-23H,10-11H2,1-9H3. The van der Waals surface area contributed by atoms with E-state index in [0.717, 1.165) is 11.3 Å². The van der Waals surface area contributed by atoms with Crippen LogP contribution in [0.2, 0.25) is 0 Å². The normalized spacial score (nSPS) is 15.5. The summed E-state index contributed by atoms with van der Waals surface area (Å²) in [6.45, 7) is 17.8. The molecule has 3 rings (SSSR count). The zero-order valence-electron chi connectivity index (χ0n) is 25.7. The summed E-state index contributed by atoms with van der Waals surface area (Å²) in [6.07, 6.45) is 1.17. The maximum atomic E-state index is 13.4. The van der Waals surface area contributed by atoms with Crippen LogP contribution in [-0.2, 0) is 25.6 Å². The fourth-order valence-corrected chi connectivity index (χ4v) is 6.28. The third-order valence-electron chi connectivity index (χ3n) is 7.69. The zero-order valence-corrected chi connectivity index (χ0v) is 28.1. The topological polar surface area (TPSA) is 69.7 Å². The Balaban J connectivity index is 1.80.